The van der Waals surface area contributed by atoms with E-state index in [4.69, 9.17) is 14.0 Å². The van der Waals surface area contributed by atoms with Gasteiger partial charge in [-0.2, -0.15) is 0 Å². The first kappa shape index (κ1) is 28.4. The number of ether oxygens (including phenoxy) is 1. The van der Waals surface area contributed by atoms with Crippen LogP contribution in [0.5, 0.6) is 0 Å². The van der Waals surface area contributed by atoms with Gasteiger partial charge in [-0.1, -0.05) is 50.2 Å². The molecule has 0 fully saturated rings. The maximum atomic E-state index is 13.7. The van der Waals surface area contributed by atoms with Gasteiger partial charge in [-0.3, -0.25) is 4.79 Å². The highest BCUT2D eigenvalue weighted by atomic mass is 16.7. The van der Waals surface area contributed by atoms with Crippen LogP contribution in [0.3, 0.4) is 0 Å². The zero-order chi connectivity index (χ0) is 29.0. The van der Waals surface area contributed by atoms with Crippen LogP contribution in [0.2, 0.25) is 0 Å². The summed E-state index contributed by atoms with van der Waals surface area (Å²) in [6, 6.07) is 16.2. The van der Waals surface area contributed by atoms with Gasteiger partial charge in [-0.25, -0.2) is 19.6 Å². The molecule has 4 aromatic rings. The molecule has 1 N–H and O–H groups in total. The minimum atomic E-state index is -1.11. The van der Waals surface area contributed by atoms with Gasteiger partial charge >= 0.3 is 11.9 Å². The number of amides is 1. The number of benzene rings is 2. The smallest absolute Gasteiger partial charge is 0.360 e. The molecule has 10 nitrogen and oxygen atoms in total. The molecule has 1 amide bonds. The number of aromatic nitrogens is 2. The maximum absolute atomic E-state index is 13.7. The Hall–Kier alpha value is -4.60. The second-order valence-electron chi connectivity index (χ2n) is 9.96. The highest BCUT2D eigenvalue weighted by Gasteiger charge is 2.36. The second kappa shape index (κ2) is 12.1. The number of fused-ring (bicyclic) bond motifs is 1. The van der Waals surface area contributed by atoms with E-state index < -0.39 is 29.8 Å². The molecule has 0 aliphatic heterocycles. The number of hydrogen-bond acceptors (Lipinski definition) is 8. The average Bonchev–Trinajstić information content (AvgIpc) is 3.47. The number of hydroxylamine groups is 1. The fourth-order valence-electron chi connectivity index (χ4n) is 4.69. The summed E-state index contributed by atoms with van der Waals surface area (Å²) in [5.41, 5.74) is 2.65. The third-order valence-corrected chi connectivity index (χ3v) is 6.76. The number of carbonyl (C=O) groups is 3. The number of nitrogens with zero attached hydrogens (tertiary/aromatic N) is 3. The second-order valence-corrected chi connectivity index (χ2v) is 9.96. The molecule has 4 rings (SSSR count). The summed E-state index contributed by atoms with van der Waals surface area (Å²) in [6.07, 6.45) is 2.28. The fourth-order valence-corrected chi connectivity index (χ4v) is 4.69. The normalized spacial score (nSPS) is 12.7. The lowest BCUT2D eigenvalue weighted by molar-refractivity contribution is -0.155. The first-order valence-corrected chi connectivity index (χ1v) is 13.0. The highest BCUT2D eigenvalue weighted by Crippen LogP contribution is 2.28. The number of esters is 1. The van der Waals surface area contributed by atoms with Crippen molar-refractivity contribution in [2.75, 3.05) is 19.2 Å². The molecular formula is C30H34N4O6. The summed E-state index contributed by atoms with van der Waals surface area (Å²) in [5.74, 6) is -2.96. The van der Waals surface area contributed by atoms with E-state index in [1.54, 1.807) is 40.0 Å². The Kier molecular flexibility index (Phi) is 8.57. The summed E-state index contributed by atoms with van der Waals surface area (Å²) >= 11 is 0. The van der Waals surface area contributed by atoms with Crippen LogP contribution in [-0.2, 0) is 32.6 Å². The summed E-state index contributed by atoms with van der Waals surface area (Å²) in [4.78, 5) is 49.0. The average molecular weight is 547 g/mol. The van der Waals surface area contributed by atoms with Gasteiger partial charge in [0.05, 0.1) is 12.8 Å². The molecule has 0 spiro atoms. The largest absolute Gasteiger partial charge is 0.464 e. The van der Waals surface area contributed by atoms with Crippen molar-refractivity contribution in [2.24, 2.45) is 18.9 Å². The molecular weight excluding hydrogens is 512 g/mol. The summed E-state index contributed by atoms with van der Waals surface area (Å²) in [5, 5.41) is 5.29. The maximum Gasteiger partial charge on any atom is 0.360 e. The van der Waals surface area contributed by atoms with E-state index in [1.807, 2.05) is 60.3 Å². The molecule has 2 atom stereocenters. The van der Waals surface area contributed by atoms with Gasteiger partial charge < -0.3 is 23.9 Å². The minimum Gasteiger partial charge on any atom is -0.464 e. The monoisotopic (exact) mass is 546 g/mol. The lowest BCUT2D eigenvalue weighted by atomic mass is 9.94. The number of anilines is 1. The number of carbonyl (C=O) groups excluding carboxylic acids is 3. The highest BCUT2D eigenvalue weighted by molar-refractivity contribution is 5.98. The van der Waals surface area contributed by atoms with Crippen LogP contribution in [0.4, 0.5) is 5.69 Å². The van der Waals surface area contributed by atoms with Crippen molar-refractivity contribution in [1.82, 2.24) is 14.9 Å². The van der Waals surface area contributed by atoms with Crippen LogP contribution >= 0.6 is 0 Å². The Bertz CT molecular complexity index is 1510. The van der Waals surface area contributed by atoms with E-state index in [1.165, 1.54) is 12.2 Å². The lowest BCUT2D eigenvalue weighted by Crippen LogP contribution is -2.43. The van der Waals surface area contributed by atoms with Gasteiger partial charge in [-0.05, 0) is 36.6 Å². The van der Waals surface area contributed by atoms with Crippen LogP contribution in [0, 0.1) is 18.8 Å². The van der Waals surface area contributed by atoms with Gasteiger partial charge in [0.15, 0.2) is 5.69 Å². The molecule has 0 aliphatic carbocycles. The molecule has 0 saturated heterocycles. The van der Waals surface area contributed by atoms with Crippen LogP contribution in [-0.4, -0.2) is 41.6 Å². The van der Waals surface area contributed by atoms with Gasteiger partial charge in [0, 0.05) is 37.6 Å². The number of rotatable bonds is 10. The summed E-state index contributed by atoms with van der Waals surface area (Å²) in [6.45, 7) is 5.16. The van der Waals surface area contributed by atoms with E-state index in [0.29, 0.717) is 12.1 Å². The first-order chi connectivity index (χ1) is 19.1. The standard InChI is InChI=1S/C30H34N4O6/c1-18(2)25(29(36)40-34(5)21-12-8-7-9-13-21)27(35)31-23(28-32-26(19(3)39-28)30(37)38-6)16-20-17-33(4)24-15-11-10-14-22(20)24/h7-15,17-18,23,25H,16H2,1-6H3,(H,31,35)/t23-,25+/m1/s1. The summed E-state index contributed by atoms with van der Waals surface area (Å²) in [7, 11) is 4.81. The van der Waals surface area contributed by atoms with E-state index in [-0.39, 0.29) is 23.3 Å². The quantitative estimate of drug-likeness (QED) is 0.175. The topological polar surface area (TPSA) is 116 Å². The van der Waals surface area contributed by atoms with Crippen LogP contribution < -0.4 is 10.4 Å². The Balaban J connectivity index is 1.64. The van der Waals surface area contributed by atoms with Crippen molar-refractivity contribution < 1.29 is 28.4 Å². The van der Waals surface area contributed by atoms with Crippen molar-refractivity contribution in [1.29, 1.82) is 0 Å². The predicted molar refractivity (Wildman–Crippen MR) is 149 cm³/mol. The Morgan fingerprint density at radius 1 is 1.07 bits per heavy atom. The Morgan fingerprint density at radius 3 is 2.42 bits per heavy atom. The van der Waals surface area contributed by atoms with E-state index >= 15 is 0 Å². The van der Waals surface area contributed by atoms with Crippen LogP contribution in [0.25, 0.3) is 10.9 Å². The molecule has 0 saturated carbocycles. The molecule has 2 heterocycles. The third-order valence-electron chi connectivity index (χ3n) is 6.76. The zero-order valence-corrected chi connectivity index (χ0v) is 23.5. The summed E-state index contributed by atoms with van der Waals surface area (Å²) < 4.78 is 12.7. The van der Waals surface area contributed by atoms with E-state index in [9.17, 15) is 14.4 Å². The number of para-hydroxylation sites is 2. The molecule has 0 bridgehead atoms. The minimum absolute atomic E-state index is 0.0268. The van der Waals surface area contributed by atoms with Crippen molar-refractivity contribution in [3.8, 4) is 0 Å². The molecule has 40 heavy (non-hydrogen) atoms. The number of oxazole rings is 1. The van der Waals surface area contributed by atoms with Crippen LogP contribution in [0.1, 0.15) is 47.6 Å². The van der Waals surface area contributed by atoms with E-state index in [0.717, 1.165) is 16.5 Å². The third kappa shape index (κ3) is 6.01. The molecule has 0 radical (unpaired) electrons. The number of nitrogens with one attached hydrogen (secondary N) is 1. The van der Waals surface area contributed by atoms with Gasteiger partial charge in [0.25, 0.3) is 0 Å². The van der Waals surface area contributed by atoms with Gasteiger partial charge in [0.2, 0.25) is 11.8 Å². The molecule has 0 unspecified atom stereocenters. The van der Waals surface area contributed by atoms with E-state index in [2.05, 4.69) is 10.3 Å². The number of hydrogen-bond donors (Lipinski definition) is 1. The van der Waals surface area contributed by atoms with Crippen molar-refractivity contribution in [3.63, 3.8) is 0 Å². The molecule has 210 valence electrons. The molecule has 0 aliphatic rings. The Labute approximate surface area is 232 Å². The number of methoxy groups -OCH3 is 1. The predicted octanol–water partition coefficient (Wildman–Crippen LogP) is 4.53. The van der Waals surface area contributed by atoms with Crippen molar-refractivity contribution in [2.45, 2.75) is 33.2 Å². The Morgan fingerprint density at radius 2 is 1.75 bits per heavy atom. The number of aryl methyl sites for hydroxylation is 2. The van der Waals surface area contributed by atoms with Gasteiger partial charge in [0.1, 0.15) is 17.7 Å². The lowest BCUT2D eigenvalue weighted by Gasteiger charge is -2.25. The van der Waals surface area contributed by atoms with Crippen LogP contribution in [0.15, 0.2) is 65.2 Å². The molecule has 10 heteroatoms. The SMILES string of the molecule is COC(=O)c1nc([C@@H](Cc2cn(C)c3ccccc23)NC(=O)[C@@H](C(=O)ON(C)c2ccccc2)C(C)C)oc1C. The fraction of sp³-hybridized carbons (Fsp3) is 0.333. The zero-order valence-electron chi connectivity index (χ0n) is 23.5. The van der Waals surface area contributed by atoms with Crippen molar-refractivity contribution >= 4 is 34.4 Å². The first-order valence-electron chi connectivity index (χ1n) is 13.0. The molecule has 2 aromatic carbocycles. The van der Waals surface area contributed by atoms with Crippen molar-refractivity contribution in [3.05, 3.63) is 83.7 Å². The van der Waals surface area contributed by atoms with Gasteiger partial charge in [-0.15, -0.1) is 0 Å². The molecule has 2 aromatic heterocycles.